The molecule has 2 aromatic rings. The Morgan fingerprint density at radius 1 is 1.19 bits per heavy atom. The van der Waals surface area contributed by atoms with Crippen LogP contribution in [0.1, 0.15) is 12.8 Å². The molecule has 1 amide bonds. The summed E-state index contributed by atoms with van der Waals surface area (Å²) in [6.45, 7) is 1.49. The third-order valence-corrected chi connectivity index (χ3v) is 4.69. The third kappa shape index (κ3) is 3.71. The van der Waals surface area contributed by atoms with Gasteiger partial charge in [-0.2, -0.15) is 0 Å². The van der Waals surface area contributed by atoms with E-state index in [-0.39, 0.29) is 11.8 Å². The summed E-state index contributed by atoms with van der Waals surface area (Å²) in [5, 5.41) is 0. The maximum Gasteiger partial charge on any atom is 0.231 e. The minimum atomic E-state index is -0.0920. The average Bonchev–Trinajstić information content (AvgIpc) is 2.72. The highest BCUT2D eigenvalue weighted by atomic mass is 16.5. The van der Waals surface area contributed by atoms with E-state index >= 15 is 0 Å². The summed E-state index contributed by atoms with van der Waals surface area (Å²) in [6, 6.07) is 7.28. The number of carbonyl (C=O) groups is 1. The Morgan fingerprint density at radius 3 is 2.62 bits per heavy atom. The minimum absolute atomic E-state index is 0.0813. The highest BCUT2D eigenvalue weighted by Gasteiger charge is 2.29. The number of amides is 1. The third-order valence-electron chi connectivity index (χ3n) is 4.69. The lowest BCUT2D eigenvalue weighted by molar-refractivity contribution is -0.122. The second-order valence-electron chi connectivity index (χ2n) is 6.27. The Morgan fingerprint density at radius 2 is 1.92 bits per heavy atom. The number of methoxy groups -OCH3 is 2. The molecule has 0 bridgehead atoms. The molecule has 1 unspecified atom stereocenters. The summed E-state index contributed by atoms with van der Waals surface area (Å²) in [4.78, 5) is 25.4. The molecule has 0 radical (unpaired) electrons. The summed E-state index contributed by atoms with van der Waals surface area (Å²) in [5.74, 6) is 1.91. The molecule has 1 aliphatic heterocycles. The number of hydrogen-bond acceptors (Lipinski definition) is 6. The number of hydrogen-bond donors (Lipinski definition) is 0. The lowest BCUT2D eigenvalue weighted by atomic mass is 9.96. The fraction of sp³-hybridized carbons (Fsp3) is 0.421. The largest absolute Gasteiger partial charge is 0.493 e. The van der Waals surface area contributed by atoms with Crippen LogP contribution in [0.4, 0.5) is 11.6 Å². The van der Waals surface area contributed by atoms with Crippen molar-refractivity contribution in [3.63, 3.8) is 0 Å². The molecule has 1 fully saturated rings. The van der Waals surface area contributed by atoms with Crippen LogP contribution in [0.2, 0.25) is 0 Å². The van der Waals surface area contributed by atoms with Crippen molar-refractivity contribution in [1.82, 2.24) is 9.97 Å². The van der Waals surface area contributed by atoms with E-state index in [2.05, 4.69) is 14.9 Å². The Bertz CT molecular complexity index is 754. The Kier molecular flexibility index (Phi) is 5.55. The highest BCUT2D eigenvalue weighted by Crippen LogP contribution is 2.32. The zero-order valence-electron chi connectivity index (χ0n) is 15.4. The molecular weight excluding hydrogens is 332 g/mol. The molecule has 7 heteroatoms. The van der Waals surface area contributed by atoms with Crippen molar-refractivity contribution in [3.05, 3.63) is 36.7 Å². The summed E-state index contributed by atoms with van der Waals surface area (Å²) >= 11 is 0. The zero-order valence-corrected chi connectivity index (χ0v) is 15.4. The van der Waals surface area contributed by atoms with Crippen LogP contribution in [-0.4, -0.2) is 50.2 Å². The topological polar surface area (TPSA) is 67.8 Å². The normalized spacial score (nSPS) is 16.9. The molecule has 0 N–H and O–H groups in total. The zero-order chi connectivity index (χ0) is 18.5. The molecule has 0 saturated carbocycles. The molecule has 1 atom stereocenters. The predicted octanol–water partition coefficient (Wildman–Crippen LogP) is 2.37. The summed E-state index contributed by atoms with van der Waals surface area (Å²) in [5.41, 5.74) is 0.778. The highest BCUT2D eigenvalue weighted by molar-refractivity contribution is 5.95. The van der Waals surface area contributed by atoms with Gasteiger partial charge in [-0.3, -0.25) is 4.79 Å². The number of piperidine rings is 1. The molecule has 1 aliphatic rings. The number of benzene rings is 1. The monoisotopic (exact) mass is 356 g/mol. The summed E-state index contributed by atoms with van der Waals surface area (Å²) in [7, 11) is 4.97. The van der Waals surface area contributed by atoms with Gasteiger partial charge >= 0.3 is 0 Å². The van der Waals surface area contributed by atoms with E-state index in [1.807, 2.05) is 18.2 Å². The van der Waals surface area contributed by atoms with Crippen molar-refractivity contribution in [2.75, 3.05) is 44.2 Å². The lowest BCUT2D eigenvalue weighted by Gasteiger charge is -2.34. The van der Waals surface area contributed by atoms with Crippen LogP contribution in [0.5, 0.6) is 11.5 Å². The summed E-state index contributed by atoms with van der Waals surface area (Å²) in [6.07, 6.45) is 5.25. The number of carbonyl (C=O) groups excluding carboxylic acids is 1. The SMILES string of the molecule is COc1ccc(N(C)C(=O)C2CCCN(c3ncccn3)C2)cc1OC. The number of aromatic nitrogens is 2. The second kappa shape index (κ2) is 8.03. The molecule has 1 aromatic heterocycles. The van der Waals surface area contributed by atoms with Crippen molar-refractivity contribution < 1.29 is 14.3 Å². The molecule has 26 heavy (non-hydrogen) atoms. The number of nitrogens with zero attached hydrogens (tertiary/aromatic N) is 4. The first-order valence-corrected chi connectivity index (χ1v) is 8.65. The standard InChI is InChI=1S/C19H24N4O3/c1-22(15-7-8-16(25-2)17(12-15)26-3)18(24)14-6-4-11-23(13-14)19-20-9-5-10-21-19/h5,7-10,12,14H,4,6,11,13H2,1-3H3. The van der Waals surface area contributed by atoms with Crippen molar-refractivity contribution in [1.29, 1.82) is 0 Å². The van der Waals surface area contributed by atoms with Gasteiger partial charge in [0.05, 0.1) is 20.1 Å². The quantitative estimate of drug-likeness (QED) is 0.819. The predicted molar refractivity (Wildman–Crippen MR) is 99.9 cm³/mol. The van der Waals surface area contributed by atoms with Gasteiger partial charge in [0.1, 0.15) is 0 Å². The maximum atomic E-state index is 13.0. The smallest absolute Gasteiger partial charge is 0.231 e. The minimum Gasteiger partial charge on any atom is -0.493 e. The van der Waals surface area contributed by atoms with E-state index in [1.54, 1.807) is 44.6 Å². The maximum absolute atomic E-state index is 13.0. The van der Waals surface area contributed by atoms with E-state index in [4.69, 9.17) is 9.47 Å². The van der Waals surface area contributed by atoms with Gasteiger partial charge in [-0.1, -0.05) is 0 Å². The van der Waals surface area contributed by atoms with E-state index < -0.39 is 0 Å². The van der Waals surface area contributed by atoms with Gasteiger partial charge in [0.15, 0.2) is 11.5 Å². The first-order valence-electron chi connectivity index (χ1n) is 8.65. The van der Waals surface area contributed by atoms with Crippen molar-refractivity contribution in [3.8, 4) is 11.5 Å². The molecule has 0 spiro atoms. The number of anilines is 2. The van der Waals surface area contributed by atoms with Crippen LogP contribution in [0.15, 0.2) is 36.7 Å². The fourth-order valence-electron chi connectivity index (χ4n) is 3.25. The van der Waals surface area contributed by atoms with Crippen LogP contribution >= 0.6 is 0 Å². The van der Waals surface area contributed by atoms with Crippen molar-refractivity contribution in [2.45, 2.75) is 12.8 Å². The van der Waals surface area contributed by atoms with Gasteiger partial charge in [-0.15, -0.1) is 0 Å². The van der Waals surface area contributed by atoms with Gasteiger partial charge in [0.25, 0.3) is 0 Å². The molecule has 2 heterocycles. The molecule has 1 aromatic carbocycles. The van der Waals surface area contributed by atoms with Crippen LogP contribution in [0, 0.1) is 5.92 Å². The lowest BCUT2D eigenvalue weighted by Crippen LogP contribution is -2.44. The second-order valence-corrected chi connectivity index (χ2v) is 6.27. The molecule has 3 rings (SSSR count). The van der Waals surface area contributed by atoms with Gasteiger partial charge in [0.2, 0.25) is 11.9 Å². The molecule has 7 nitrogen and oxygen atoms in total. The van der Waals surface area contributed by atoms with E-state index in [0.29, 0.717) is 24.0 Å². The first kappa shape index (κ1) is 18.0. The summed E-state index contributed by atoms with van der Waals surface area (Å²) < 4.78 is 10.6. The van der Waals surface area contributed by atoms with Crippen LogP contribution in [-0.2, 0) is 4.79 Å². The van der Waals surface area contributed by atoms with E-state index in [1.165, 1.54) is 0 Å². The van der Waals surface area contributed by atoms with Crippen LogP contribution < -0.4 is 19.3 Å². The molecule has 0 aliphatic carbocycles. The fourth-order valence-corrected chi connectivity index (χ4v) is 3.25. The van der Waals surface area contributed by atoms with E-state index in [0.717, 1.165) is 25.1 Å². The number of rotatable bonds is 5. The molecule has 138 valence electrons. The Labute approximate surface area is 153 Å². The Hall–Kier alpha value is -2.83. The van der Waals surface area contributed by atoms with Crippen molar-refractivity contribution in [2.24, 2.45) is 5.92 Å². The molecular formula is C19H24N4O3. The average molecular weight is 356 g/mol. The van der Waals surface area contributed by atoms with Crippen LogP contribution in [0.25, 0.3) is 0 Å². The van der Waals surface area contributed by atoms with Gasteiger partial charge < -0.3 is 19.3 Å². The van der Waals surface area contributed by atoms with Crippen LogP contribution in [0.3, 0.4) is 0 Å². The molecule has 1 saturated heterocycles. The van der Waals surface area contributed by atoms with E-state index in [9.17, 15) is 4.79 Å². The van der Waals surface area contributed by atoms with Crippen molar-refractivity contribution >= 4 is 17.5 Å². The first-order chi connectivity index (χ1) is 12.6. The van der Waals surface area contributed by atoms with Gasteiger partial charge in [-0.25, -0.2) is 9.97 Å². The number of ether oxygens (including phenoxy) is 2. The van der Waals surface area contributed by atoms with Gasteiger partial charge in [0, 0.05) is 44.3 Å². The Balaban J connectivity index is 1.74. The van der Waals surface area contributed by atoms with Gasteiger partial charge in [-0.05, 0) is 31.0 Å².